The van der Waals surface area contributed by atoms with E-state index in [2.05, 4.69) is 24.1 Å². The fourth-order valence-electron chi connectivity index (χ4n) is 2.56. The van der Waals surface area contributed by atoms with Crippen LogP contribution in [-0.4, -0.2) is 21.5 Å². The number of hydrogen-bond donors (Lipinski definition) is 2. The molecular formula is C13H19N3O3. The predicted molar refractivity (Wildman–Crippen MR) is 70.9 cm³/mol. The van der Waals surface area contributed by atoms with Crippen LogP contribution < -0.4 is 16.6 Å². The van der Waals surface area contributed by atoms with Crippen molar-refractivity contribution in [2.45, 2.75) is 45.7 Å². The molecule has 6 nitrogen and oxygen atoms in total. The van der Waals surface area contributed by atoms with Crippen LogP contribution in [0.4, 0.5) is 0 Å². The van der Waals surface area contributed by atoms with Crippen LogP contribution in [0.2, 0.25) is 0 Å². The van der Waals surface area contributed by atoms with Crippen molar-refractivity contribution in [3.8, 4) is 0 Å². The number of H-pyrrole nitrogens is 1. The molecule has 0 bridgehead atoms. The molecule has 6 heteroatoms. The van der Waals surface area contributed by atoms with E-state index < -0.39 is 11.2 Å². The van der Waals surface area contributed by atoms with Gasteiger partial charge in [0.1, 0.15) is 6.54 Å². The van der Waals surface area contributed by atoms with Crippen molar-refractivity contribution in [2.24, 2.45) is 5.41 Å². The van der Waals surface area contributed by atoms with E-state index in [0.29, 0.717) is 0 Å². The van der Waals surface area contributed by atoms with Gasteiger partial charge in [-0.2, -0.15) is 0 Å². The normalized spacial score (nSPS) is 21.3. The van der Waals surface area contributed by atoms with Gasteiger partial charge in [0.05, 0.1) is 0 Å². The minimum atomic E-state index is -0.561. The first kappa shape index (κ1) is 13.6. The third-order valence-corrected chi connectivity index (χ3v) is 3.54. The zero-order valence-electron chi connectivity index (χ0n) is 11.2. The minimum Gasteiger partial charge on any atom is -0.352 e. The van der Waals surface area contributed by atoms with Crippen LogP contribution >= 0.6 is 0 Å². The van der Waals surface area contributed by atoms with Gasteiger partial charge >= 0.3 is 5.69 Å². The number of rotatable bonds is 3. The van der Waals surface area contributed by atoms with Crippen molar-refractivity contribution in [1.29, 1.82) is 0 Å². The van der Waals surface area contributed by atoms with Gasteiger partial charge in [-0.1, -0.05) is 13.8 Å². The number of nitrogens with one attached hydrogen (secondary N) is 2. The lowest BCUT2D eigenvalue weighted by atomic mass is 9.92. The van der Waals surface area contributed by atoms with Crippen LogP contribution in [0.3, 0.4) is 0 Å². The van der Waals surface area contributed by atoms with Crippen LogP contribution in [0.5, 0.6) is 0 Å². The molecule has 0 radical (unpaired) electrons. The molecule has 0 saturated heterocycles. The molecule has 1 fully saturated rings. The Morgan fingerprint density at radius 3 is 2.84 bits per heavy atom. The van der Waals surface area contributed by atoms with Gasteiger partial charge in [-0.3, -0.25) is 19.1 Å². The van der Waals surface area contributed by atoms with Crippen LogP contribution in [-0.2, 0) is 11.3 Å². The molecule has 0 aromatic carbocycles. The monoisotopic (exact) mass is 265 g/mol. The molecule has 1 saturated carbocycles. The lowest BCUT2D eigenvalue weighted by molar-refractivity contribution is -0.122. The summed E-state index contributed by atoms with van der Waals surface area (Å²) < 4.78 is 1.19. The molecule has 1 unspecified atom stereocenters. The number of aromatic nitrogens is 2. The maximum atomic E-state index is 11.9. The molecule has 104 valence electrons. The minimum absolute atomic E-state index is 0.0630. The van der Waals surface area contributed by atoms with Crippen molar-refractivity contribution in [1.82, 2.24) is 14.9 Å². The third-order valence-electron chi connectivity index (χ3n) is 3.54. The summed E-state index contributed by atoms with van der Waals surface area (Å²) in [6.45, 7) is 4.31. The van der Waals surface area contributed by atoms with Crippen molar-refractivity contribution < 1.29 is 4.79 Å². The first-order valence-electron chi connectivity index (χ1n) is 6.45. The Balaban J connectivity index is 1.95. The molecule has 2 rings (SSSR count). The number of carbonyl (C=O) groups is 1. The second kappa shape index (κ2) is 5.03. The quantitative estimate of drug-likeness (QED) is 0.820. The van der Waals surface area contributed by atoms with E-state index in [4.69, 9.17) is 0 Å². The molecule has 19 heavy (non-hydrogen) atoms. The molecule has 1 heterocycles. The maximum absolute atomic E-state index is 11.9. The highest BCUT2D eigenvalue weighted by Gasteiger charge is 2.31. The number of carbonyl (C=O) groups excluding carboxylic acids is 1. The molecule has 0 aliphatic heterocycles. The van der Waals surface area contributed by atoms with E-state index in [-0.39, 0.29) is 23.9 Å². The van der Waals surface area contributed by atoms with Crippen molar-refractivity contribution in [3.63, 3.8) is 0 Å². The first-order valence-corrected chi connectivity index (χ1v) is 6.45. The molecule has 1 aliphatic rings. The zero-order valence-corrected chi connectivity index (χ0v) is 11.2. The summed E-state index contributed by atoms with van der Waals surface area (Å²) in [5, 5.41) is 2.93. The fraction of sp³-hybridized carbons (Fsp3) is 0.615. The van der Waals surface area contributed by atoms with Crippen molar-refractivity contribution >= 4 is 5.91 Å². The highest BCUT2D eigenvalue weighted by Crippen LogP contribution is 2.36. The van der Waals surface area contributed by atoms with Crippen LogP contribution in [0.15, 0.2) is 21.9 Å². The molecule has 1 aliphatic carbocycles. The summed E-state index contributed by atoms with van der Waals surface area (Å²) >= 11 is 0. The van der Waals surface area contributed by atoms with E-state index in [0.717, 1.165) is 19.3 Å². The van der Waals surface area contributed by atoms with E-state index in [1.807, 2.05) is 0 Å². The number of amides is 1. The van der Waals surface area contributed by atoms with Gasteiger partial charge in [-0.25, -0.2) is 4.79 Å². The largest absolute Gasteiger partial charge is 0.352 e. The van der Waals surface area contributed by atoms with Crippen molar-refractivity contribution in [3.05, 3.63) is 33.1 Å². The van der Waals surface area contributed by atoms with Gasteiger partial charge in [-0.15, -0.1) is 0 Å². The highest BCUT2D eigenvalue weighted by molar-refractivity contribution is 5.76. The number of hydrogen-bond acceptors (Lipinski definition) is 3. The lowest BCUT2D eigenvalue weighted by Gasteiger charge is -2.18. The van der Waals surface area contributed by atoms with Crippen LogP contribution in [0.1, 0.15) is 33.1 Å². The van der Waals surface area contributed by atoms with Gasteiger partial charge in [-0.05, 0) is 24.7 Å². The predicted octanol–water partition coefficient (Wildman–Crippen LogP) is 0.231. The Kier molecular flexibility index (Phi) is 3.59. The third kappa shape index (κ3) is 3.56. The number of aromatic amines is 1. The molecule has 1 aromatic heterocycles. The molecule has 1 amide bonds. The van der Waals surface area contributed by atoms with E-state index in [1.165, 1.54) is 16.8 Å². The van der Waals surface area contributed by atoms with E-state index in [9.17, 15) is 14.4 Å². The number of nitrogens with zero attached hydrogens (tertiary/aromatic N) is 1. The smallest absolute Gasteiger partial charge is 0.328 e. The van der Waals surface area contributed by atoms with Crippen LogP contribution in [0.25, 0.3) is 0 Å². The summed E-state index contributed by atoms with van der Waals surface area (Å²) in [7, 11) is 0. The lowest BCUT2D eigenvalue weighted by Crippen LogP contribution is -2.39. The Morgan fingerprint density at radius 2 is 2.26 bits per heavy atom. The van der Waals surface area contributed by atoms with Gasteiger partial charge < -0.3 is 5.32 Å². The summed E-state index contributed by atoms with van der Waals surface area (Å²) in [6, 6.07) is 1.41. The van der Waals surface area contributed by atoms with Gasteiger partial charge in [0.25, 0.3) is 5.56 Å². The molecular weight excluding hydrogens is 246 g/mol. The Hall–Kier alpha value is -1.85. The standard InChI is InChI=1S/C13H19N3O3/c1-13(2)5-3-9(7-13)14-11(18)8-16-6-4-10(17)15-12(16)19/h4,6,9H,3,5,7-8H2,1-2H3,(H,14,18)(H,15,17,19). The molecule has 1 aromatic rings. The average molecular weight is 265 g/mol. The zero-order chi connectivity index (χ0) is 14.0. The van der Waals surface area contributed by atoms with Gasteiger partial charge in [0.15, 0.2) is 0 Å². The Morgan fingerprint density at radius 1 is 1.53 bits per heavy atom. The molecule has 2 N–H and O–H groups in total. The van der Waals surface area contributed by atoms with Gasteiger partial charge in [0, 0.05) is 18.3 Å². The second-order valence-corrected chi connectivity index (χ2v) is 5.91. The summed E-state index contributed by atoms with van der Waals surface area (Å²) in [5.41, 5.74) is -0.749. The topological polar surface area (TPSA) is 84.0 Å². The summed E-state index contributed by atoms with van der Waals surface area (Å²) in [4.78, 5) is 36.3. The SMILES string of the molecule is CC1(C)CCC(NC(=O)Cn2ccc(=O)[nH]c2=O)C1. The first-order chi connectivity index (χ1) is 8.85. The highest BCUT2D eigenvalue weighted by atomic mass is 16.2. The average Bonchev–Trinajstić information content (AvgIpc) is 2.62. The summed E-state index contributed by atoms with van der Waals surface area (Å²) in [6.07, 6.45) is 4.36. The van der Waals surface area contributed by atoms with Gasteiger partial charge in [0.2, 0.25) is 5.91 Å². The Bertz CT molecular complexity index is 585. The van der Waals surface area contributed by atoms with E-state index >= 15 is 0 Å². The fourth-order valence-corrected chi connectivity index (χ4v) is 2.56. The molecule has 0 spiro atoms. The Labute approximate surface area is 110 Å². The maximum Gasteiger partial charge on any atom is 0.328 e. The summed E-state index contributed by atoms with van der Waals surface area (Å²) in [5.74, 6) is -0.197. The second-order valence-electron chi connectivity index (χ2n) is 5.91. The van der Waals surface area contributed by atoms with Crippen LogP contribution in [0, 0.1) is 5.41 Å². The van der Waals surface area contributed by atoms with Crippen molar-refractivity contribution in [2.75, 3.05) is 0 Å². The van der Waals surface area contributed by atoms with E-state index in [1.54, 1.807) is 0 Å². The molecule has 1 atom stereocenters.